The standard InChI is InChI=1S/C21H22N4O/c26-16-15-22-13-4-5-17-8-10-18(11-9-17)20-12-14-23-21(25-20)24-19-6-2-1-3-7-19/h1-12,14,22,26H,13,15-16H2,(H,23,24,25)/b5-4+. The van der Waals surface area contributed by atoms with Crippen molar-refractivity contribution in [2.45, 2.75) is 0 Å². The molecule has 5 heteroatoms. The van der Waals surface area contributed by atoms with Crippen molar-refractivity contribution in [3.63, 3.8) is 0 Å². The number of aromatic nitrogens is 2. The Morgan fingerprint density at radius 3 is 2.54 bits per heavy atom. The number of hydrogen-bond acceptors (Lipinski definition) is 5. The van der Waals surface area contributed by atoms with Crippen molar-refractivity contribution >= 4 is 17.7 Å². The SMILES string of the molecule is OCCNC/C=C/c1ccc(-c2ccnc(Nc3ccccc3)n2)cc1. The number of para-hydroxylation sites is 1. The number of benzene rings is 2. The largest absolute Gasteiger partial charge is 0.395 e. The molecule has 0 aliphatic heterocycles. The third kappa shape index (κ3) is 5.24. The van der Waals surface area contributed by atoms with E-state index in [2.05, 4.69) is 50.9 Å². The van der Waals surface area contributed by atoms with E-state index < -0.39 is 0 Å². The molecule has 132 valence electrons. The highest BCUT2D eigenvalue weighted by atomic mass is 16.3. The minimum absolute atomic E-state index is 0.155. The molecule has 3 N–H and O–H groups in total. The molecule has 0 atom stereocenters. The molecule has 26 heavy (non-hydrogen) atoms. The van der Waals surface area contributed by atoms with Crippen LogP contribution in [-0.2, 0) is 0 Å². The topological polar surface area (TPSA) is 70.1 Å². The van der Waals surface area contributed by atoms with Crippen LogP contribution in [0.4, 0.5) is 11.6 Å². The summed E-state index contributed by atoms with van der Waals surface area (Å²) in [4.78, 5) is 8.87. The van der Waals surface area contributed by atoms with Gasteiger partial charge in [-0.15, -0.1) is 0 Å². The van der Waals surface area contributed by atoms with Crippen molar-refractivity contribution in [2.24, 2.45) is 0 Å². The molecule has 3 aromatic rings. The van der Waals surface area contributed by atoms with Crippen LogP contribution in [0.5, 0.6) is 0 Å². The first-order valence-electron chi connectivity index (χ1n) is 8.59. The first kappa shape index (κ1) is 17.8. The molecule has 1 heterocycles. The molecule has 0 unspecified atom stereocenters. The lowest BCUT2D eigenvalue weighted by Gasteiger charge is -2.07. The maximum absolute atomic E-state index is 8.72. The molecule has 0 saturated heterocycles. The molecule has 0 amide bonds. The molecular formula is C21H22N4O. The minimum atomic E-state index is 0.155. The molecule has 0 spiro atoms. The van der Waals surface area contributed by atoms with Crippen molar-refractivity contribution in [1.29, 1.82) is 0 Å². The molecular weight excluding hydrogens is 324 g/mol. The predicted octanol–water partition coefficient (Wildman–Crippen LogP) is 3.48. The van der Waals surface area contributed by atoms with Crippen LogP contribution in [0.1, 0.15) is 5.56 Å². The zero-order chi connectivity index (χ0) is 18.0. The van der Waals surface area contributed by atoms with Crippen LogP contribution in [0, 0.1) is 0 Å². The van der Waals surface area contributed by atoms with Gasteiger partial charge >= 0.3 is 0 Å². The van der Waals surface area contributed by atoms with Gasteiger partial charge in [0.1, 0.15) is 0 Å². The summed E-state index contributed by atoms with van der Waals surface area (Å²) >= 11 is 0. The van der Waals surface area contributed by atoms with Gasteiger partial charge in [0.2, 0.25) is 5.95 Å². The highest BCUT2D eigenvalue weighted by Crippen LogP contribution is 2.20. The first-order chi connectivity index (χ1) is 12.8. The van der Waals surface area contributed by atoms with Gasteiger partial charge in [-0.1, -0.05) is 54.6 Å². The van der Waals surface area contributed by atoms with Gasteiger partial charge < -0.3 is 15.7 Å². The number of rotatable bonds is 8. The van der Waals surface area contributed by atoms with E-state index in [4.69, 9.17) is 5.11 Å². The van der Waals surface area contributed by atoms with Gasteiger partial charge in [-0.05, 0) is 23.8 Å². The summed E-state index contributed by atoms with van der Waals surface area (Å²) in [5.74, 6) is 0.577. The fourth-order valence-corrected chi connectivity index (χ4v) is 2.45. The Balaban J connectivity index is 1.66. The predicted molar refractivity (Wildman–Crippen MR) is 106 cm³/mol. The fraction of sp³-hybridized carbons (Fsp3) is 0.143. The summed E-state index contributed by atoms with van der Waals surface area (Å²) in [6, 6.07) is 20.0. The number of aliphatic hydroxyl groups is 1. The van der Waals surface area contributed by atoms with E-state index in [0.29, 0.717) is 12.5 Å². The van der Waals surface area contributed by atoms with Gasteiger partial charge in [0.05, 0.1) is 12.3 Å². The van der Waals surface area contributed by atoms with E-state index in [9.17, 15) is 0 Å². The molecule has 0 fully saturated rings. The Morgan fingerprint density at radius 1 is 0.962 bits per heavy atom. The Bertz CT molecular complexity index is 832. The van der Waals surface area contributed by atoms with Gasteiger partial charge in [0.25, 0.3) is 0 Å². The second-order valence-electron chi connectivity index (χ2n) is 5.71. The Labute approximate surface area is 153 Å². The summed E-state index contributed by atoms with van der Waals surface area (Å²) < 4.78 is 0. The number of anilines is 2. The molecule has 0 aliphatic rings. The van der Waals surface area contributed by atoms with Gasteiger partial charge in [-0.25, -0.2) is 9.97 Å². The smallest absolute Gasteiger partial charge is 0.227 e. The number of aliphatic hydroxyl groups excluding tert-OH is 1. The van der Waals surface area contributed by atoms with Crippen molar-refractivity contribution in [3.8, 4) is 11.3 Å². The van der Waals surface area contributed by atoms with Crippen molar-refractivity contribution in [2.75, 3.05) is 25.0 Å². The molecule has 2 aromatic carbocycles. The summed E-state index contributed by atoms with van der Waals surface area (Å²) in [5, 5.41) is 15.0. The molecule has 5 nitrogen and oxygen atoms in total. The normalized spacial score (nSPS) is 11.0. The summed E-state index contributed by atoms with van der Waals surface area (Å²) in [6.07, 6.45) is 5.85. The van der Waals surface area contributed by atoms with Crippen LogP contribution in [0.2, 0.25) is 0 Å². The number of hydrogen-bond donors (Lipinski definition) is 3. The Hall–Kier alpha value is -3.02. The second-order valence-corrected chi connectivity index (χ2v) is 5.71. The van der Waals surface area contributed by atoms with Gasteiger partial charge in [-0.2, -0.15) is 0 Å². The molecule has 0 aliphatic carbocycles. The van der Waals surface area contributed by atoms with Crippen LogP contribution < -0.4 is 10.6 Å². The van der Waals surface area contributed by atoms with Crippen molar-refractivity contribution in [1.82, 2.24) is 15.3 Å². The lowest BCUT2D eigenvalue weighted by molar-refractivity contribution is 0.294. The van der Waals surface area contributed by atoms with E-state index in [1.54, 1.807) is 6.20 Å². The summed E-state index contributed by atoms with van der Waals surface area (Å²) in [6.45, 7) is 1.50. The quantitative estimate of drug-likeness (QED) is 0.545. The molecule has 0 radical (unpaired) electrons. The van der Waals surface area contributed by atoms with Crippen LogP contribution >= 0.6 is 0 Å². The third-order valence-corrected chi connectivity index (χ3v) is 3.75. The molecule has 0 saturated carbocycles. The van der Waals surface area contributed by atoms with Crippen LogP contribution in [0.25, 0.3) is 17.3 Å². The maximum atomic E-state index is 8.72. The molecule has 3 rings (SSSR count). The van der Waals surface area contributed by atoms with E-state index in [0.717, 1.165) is 29.1 Å². The zero-order valence-corrected chi connectivity index (χ0v) is 14.5. The van der Waals surface area contributed by atoms with Crippen LogP contribution in [0.3, 0.4) is 0 Å². The summed E-state index contributed by atoms with van der Waals surface area (Å²) in [7, 11) is 0. The lowest BCUT2D eigenvalue weighted by atomic mass is 10.1. The highest BCUT2D eigenvalue weighted by Gasteiger charge is 2.02. The first-order valence-corrected chi connectivity index (χ1v) is 8.59. The van der Waals surface area contributed by atoms with Crippen LogP contribution in [-0.4, -0.2) is 34.8 Å². The highest BCUT2D eigenvalue weighted by molar-refractivity contribution is 5.64. The number of nitrogens with zero attached hydrogens (tertiary/aromatic N) is 2. The third-order valence-electron chi connectivity index (χ3n) is 3.75. The van der Waals surface area contributed by atoms with E-state index in [1.165, 1.54) is 0 Å². The second kappa shape index (κ2) is 9.46. The van der Waals surface area contributed by atoms with Gasteiger partial charge in [0, 0.05) is 30.5 Å². The molecule has 0 bridgehead atoms. The Morgan fingerprint density at radius 2 is 1.77 bits per heavy atom. The average Bonchev–Trinajstić information content (AvgIpc) is 2.69. The van der Waals surface area contributed by atoms with Gasteiger partial charge in [0.15, 0.2) is 0 Å². The van der Waals surface area contributed by atoms with Crippen molar-refractivity contribution in [3.05, 3.63) is 78.5 Å². The van der Waals surface area contributed by atoms with E-state index in [1.807, 2.05) is 42.5 Å². The lowest BCUT2D eigenvalue weighted by Crippen LogP contribution is -2.17. The van der Waals surface area contributed by atoms with Crippen molar-refractivity contribution < 1.29 is 5.11 Å². The fourth-order valence-electron chi connectivity index (χ4n) is 2.45. The van der Waals surface area contributed by atoms with E-state index >= 15 is 0 Å². The zero-order valence-electron chi connectivity index (χ0n) is 14.5. The van der Waals surface area contributed by atoms with Gasteiger partial charge in [-0.3, -0.25) is 0 Å². The minimum Gasteiger partial charge on any atom is -0.395 e. The Kier molecular flexibility index (Phi) is 6.47. The van der Waals surface area contributed by atoms with E-state index in [-0.39, 0.29) is 6.61 Å². The monoisotopic (exact) mass is 346 g/mol. The number of nitrogens with one attached hydrogen (secondary N) is 2. The summed E-state index contributed by atoms with van der Waals surface area (Å²) in [5.41, 5.74) is 3.99. The van der Waals surface area contributed by atoms with Crippen LogP contribution in [0.15, 0.2) is 72.9 Å². The maximum Gasteiger partial charge on any atom is 0.227 e. The molecule has 1 aromatic heterocycles. The average molecular weight is 346 g/mol.